The summed E-state index contributed by atoms with van der Waals surface area (Å²) in [4.78, 5) is 22.4. The Hall–Kier alpha value is -3.05. The van der Waals surface area contributed by atoms with Crippen molar-refractivity contribution in [1.29, 1.82) is 0 Å². The number of hydrogen-bond acceptors (Lipinski definition) is 3. The number of halogens is 3. The Morgan fingerprint density at radius 1 is 0.892 bits per heavy atom. The smallest absolute Gasteiger partial charge is 0.255 e. The van der Waals surface area contributed by atoms with Crippen molar-refractivity contribution in [2.24, 2.45) is 0 Å². The molecule has 7 heteroatoms. The lowest BCUT2D eigenvalue weighted by atomic mass is 9.74. The first kappa shape index (κ1) is 24.3. The number of carbonyl (C=O) groups is 1. The maximum Gasteiger partial charge on any atom is 0.255 e. The number of aromatic nitrogens is 1. The van der Waals surface area contributed by atoms with E-state index in [2.05, 4.69) is 46.3 Å². The van der Waals surface area contributed by atoms with Gasteiger partial charge in [0.25, 0.3) is 5.91 Å². The van der Waals surface area contributed by atoms with Crippen LogP contribution in [0.5, 0.6) is 0 Å². The summed E-state index contributed by atoms with van der Waals surface area (Å²) in [6.07, 6.45) is 3.06. The van der Waals surface area contributed by atoms with Crippen LogP contribution in [0.2, 0.25) is 15.2 Å². The van der Waals surface area contributed by atoms with Gasteiger partial charge in [-0.3, -0.25) is 4.79 Å². The van der Waals surface area contributed by atoms with E-state index < -0.39 is 0 Å². The lowest BCUT2D eigenvalue weighted by molar-refractivity contribution is 0.0709. The fourth-order valence-electron chi connectivity index (χ4n) is 6.00. The predicted molar refractivity (Wildman–Crippen MR) is 150 cm³/mol. The molecule has 1 saturated heterocycles. The molecule has 186 valence electrons. The average molecular weight is 549 g/mol. The maximum atomic E-state index is 14.0. The molecule has 37 heavy (non-hydrogen) atoms. The summed E-state index contributed by atoms with van der Waals surface area (Å²) >= 11 is 18.5. The zero-order valence-corrected chi connectivity index (χ0v) is 22.2. The predicted octanol–water partition coefficient (Wildman–Crippen LogP) is 7.41. The van der Waals surface area contributed by atoms with Gasteiger partial charge in [-0.25, -0.2) is 4.98 Å². The molecule has 2 aliphatic rings. The molecule has 1 amide bonds. The topological polar surface area (TPSA) is 36.4 Å². The number of carbonyl (C=O) groups excluding carboxylic acids is 1. The first-order valence-corrected chi connectivity index (χ1v) is 13.4. The van der Waals surface area contributed by atoms with Gasteiger partial charge in [0.05, 0.1) is 0 Å². The number of pyridine rings is 1. The second-order valence-electron chi connectivity index (χ2n) is 9.72. The summed E-state index contributed by atoms with van der Waals surface area (Å²) in [5.41, 5.74) is 5.02. The number of rotatable bonds is 5. The van der Waals surface area contributed by atoms with Crippen LogP contribution in [0.4, 0.5) is 5.69 Å². The standard InChI is InChI=1S/C30H24Cl3N3O/c31-23-9-5-20(6-10-23)18-30-14-16-35(28(37)22-13-15-34-27(33)17-22)29(30)36(26-4-2-1-3-25(26)30)19-21-7-11-24(32)12-8-21/h1-13,15,17,29H,14,16,18-19H2. The molecule has 2 unspecified atom stereocenters. The Labute approximate surface area is 231 Å². The molecule has 1 aromatic heterocycles. The highest BCUT2D eigenvalue weighted by Crippen LogP contribution is 2.54. The quantitative estimate of drug-likeness (QED) is 0.244. The normalized spacial score (nSPS) is 20.1. The molecule has 1 fully saturated rings. The molecule has 2 aliphatic heterocycles. The van der Waals surface area contributed by atoms with Gasteiger partial charge in [-0.1, -0.05) is 77.3 Å². The van der Waals surface area contributed by atoms with Crippen LogP contribution in [0.3, 0.4) is 0 Å². The third kappa shape index (κ3) is 4.37. The Balaban J connectivity index is 1.47. The van der Waals surface area contributed by atoms with E-state index in [0.29, 0.717) is 33.9 Å². The van der Waals surface area contributed by atoms with Crippen molar-refractivity contribution in [3.05, 3.63) is 129 Å². The Morgan fingerprint density at radius 2 is 1.57 bits per heavy atom. The van der Waals surface area contributed by atoms with Crippen molar-refractivity contribution in [1.82, 2.24) is 9.88 Å². The summed E-state index contributed by atoms with van der Waals surface area (Å²) in [5, 5.41) is 1.73. The van der Waals surface area contributed by atoms with Gasteiger partial charge in [0, 0.05) is 46.0 Å². The number of fused-ring (bicyclic) bond motifs is 3. The van der Waals surface area contributed by atoms with Gasteiger partial charge in [-0.2, -0.15) is 0 Å². The first-order valence-electron chi connectivity index (χ1n) is 12.2. The van der Waals surface area contributed by atoms with E-state index in [0.717, 1.165) is 24.1 Å². The van der Waals surface area contributed by atoms with Crippen LogP contribution in [-0.4, -0.2) is 28.5 Å². The molecule has 4 nitrogen and oxygen atoms in total. The first-order chi connectivity index (χ1) is 17.9. The molecule has 0 N–H and O–H groups in total. The van der Waals surface area contributed by atoms with Crippen LogP contribution in [-0.2, 0) is 18.4 Å². The van der Waals surface area contributed by atoms with Crippen molar-refractivity contribution in [3.8, 4) is 0 Å². The minimum atomic E-state index is -0.274. The summed E-state index contributed by atoms with van der Waals surface area (Å²) in [6.45, 7) is 1.30. The number of hydrogen-bond donors (Lipinski definition) is 0. The van der Waals surface area contributed by atoms with E-state index in [9.17, 15) is 4.79 Å². The van der Waals surface area contributed by atoms with Crippen LogP contribution < -0.4 is 4.90 Å². The minimum Gasteiger partial charge on any atom is -0.346 e. The molecule has 0 spiro atoms. The van der Waals surface area contributed by atoms with Gasteiger partial charge in [0.2, 0.25) is 0 Å². The highest BCUT2D eigenvalue weighted by Gasteiger charge is 2.58. The molecular formula is C30H24Cl3N3O. The van der Waals surface area contributed by atoms with Gasteiger partial charge in [0.15, 0.2) is 0 Å². The second-order valence-corrected chi connectivity index (χ2v) is 11.0. The highest BCUT2D eigenvalue weighted by atomic mass is 35.5. The van der Waals surface area contributed by atoms with Gasteiger partial charge in [0.1, 0.15) is 11.3 Å². The van der Waals surface area contributed by atoms with Gasteiger partial charge < -0.3 is 9.80 Å². The zero-order valence-electron chi connectivity index (χ0n) is 19.9. The summed E-state index contributed by atoms with van der Waals surface area (Å²) < 4.78 is 0. The van der Waals surface area contributed by atoms with E-state index in [1.54, 1.807) is 18.3 Å². The molecular weight excluding hydrogens is 525 g/mol. The van der Waals surface area contributed by atoms with Crippen molar-refractivity contribution in [2.75, 3.05) is 11.4 Å². The fraction of sp³-hybridized carbons (Fsp3) is 0.200. The van der Waals surface area contributed by atoms with Crippen LogP contribution in [0.1, 0.15) is 33.5 Å². The number of nitrogens with zero attached hydrogens (tertiary/aromatic N) is 3. The van der Waals surface area contributed by atoms with Crippen LogP contribution >= 0.6 is 34.8 Å². The van der Waals surface area contributed by atoms with Crippen LogP contribution in [0.15, 0.2) is 91.1 Å². The molecule has 0 bridgehead atoms. The Kier molecular flexibility index (Phi) is 6.36. The molecule has 3 heterocycles. The van der Waals surface area contributed by atoms with Crippen molar-refractivity contribution in [2.45, 2.75) is 31.0 Å². The Morgan fingerprint density at radius 3 is 2.27 bits per heavy atom. The fourth-order valence-corrected chi connectivity index (χ4v) is 6.43. The summed E-state index contributed by atoms with van der Waals surface area (Å²) in [7, 11) is 0. The average Bonchev–Trinajstić information content (AvgIpc) is 3.40. The SMILES string of the molecule is O=C(c1ccnc(Cl)c1)N1CCC2(Cc3ccc(Cl)cc3)c3ccccc3N(Cc3ccc(Cl)cc3)C12. The summed E-state index contributed by atoms with van der Waals surface area (Å²) in [5.74, 6) is -0.0406. The third-order valence-corrected chi connectivity index (χ3v) is 8.28. The molecule has 0 aliphatic carbocycles. The van der Waals surface area contributed by atoms with Crippen molar-refractivity contribution in [3.63, 3.8) is 0 Å². The van der Waals surface area contributed by atoms with E-state index in [-0.39, 0.29) is 17.5 Å². The third-order valence-electron chi connectivity index (χ3n) is 7.57. The lowest BCUT2D eigenvalue weighted by Gasteiger charge is -2.39. The molecule has 3 aromatic carbocycles. The van der Waals surface area contributed by atoms with Crippen molar-refractivity contribution >= 4 is 46.4 Å². The van der Waals surface area contributed by atoms with Crippen LogP contribution in [0.25, 0.3) is 0 Å². The number of anilines is 1. The molecule has 0 saturated carbocycles. The zero-order chi connectivity index (χ0) is 25.6. The van der Waals surface area contributed by atoms with Gasteiger partial charge in [-0.05, 0) is 72.0 Å². The van der Waals surface area contributed by atoms with E-state index in [1.165, 1.54) is 11.1 Å². The monoisotopic (exact) mass is 547 g/mol. The Bertz CT molecular complexity index is 1460. The number of benzene rings is 3. The van der Waals surface area contributed by atoms with E-state index in [1.807, 2.05) is 41.3 Å². The summed E-state index contributed by atoms with van der Waals surface area (Å²) in [6, 6.07) is 27.9. The van der Waals surface area contributed by atoms with Gasteiger partial charge >= 0.3 is 0 Å². The van der Waals surface area contributed by atoms with E-state index in [4.69, 9.17) is 34.8 Å². The van der Waals surface area contributed by atoms with E-state index >= 15 is 0 Å². The largest absolute Gasteiger partial charge is 0.346 e. The molecule has 2 atom stereocenters. The molecule has 0 radical (unpaired) electrons. The highest BCUT2D eigenvalue weighted by molar-refractivity contribution is 6.31. The van der Waals surface area contributed by atoms with Crippen LogP contribution in [0, 0.1) is 0 Å². The lowest BCUT2D eigenvalue weighted by Crippen LogP contribution is -2.52. The van der Waals surface area contributed by atoms with Crippen molar-refractivity contribution < 1.29 is 4.79 Å². The van der Waals surface area contributed by atoms with Gasteiger partial charge in [-0.15, -0.1) is 0 Å². The minimum absolute atomic E-state index is 0.0406. The second kappa shape index (κ2) is 9.68. The maximum absolute atomic E-state index is 14.0. The molecule has 6 rings (SSSR count). The molecule has 4 aromatic rings. The number of likely N-dealkylation sites (tertiary alicyclic amines) is 1. The number of amides is 1. The number of para-hydroxylation sites is 1.